The predicted octanol–water partition coefficient (Wildman–Crippen LogP) is 3.98. The Kier molecular flexibility index (Phi) is 4.91. The third-order valence-corrected chi connectivity index (χ3v) is 3.44. The van der Waals surface area contributed by atoms with E-state index in [1.165, 1.54) is 6.07 Å². The van der Waals surface area contributed by atoms with Crippen LogP contribution in [0, 0.1) is 18.6 Å². The van der Waals surface area contributed by atoms with E-state index in [2.05, 4.69) is 5.32 Å². The van der Waals surface area contributed by atoms with Gasteiger partial charge in [0.05, 0.1) is 13.2 Å². The van der Waals surface area contributed by atoms with Crippen LogP contribution in [0.1, 0.15) is 29.7 Å². The first kappa shape index (κ1) is 15.4. The average molecular weight is 291 g/mol. The van der Waals surface area contributed by atoms with Gasteiger partial charge in [0, 0.05) is 0 Å². The Balaban J connectivity index is 2.42. The van der Waals surface area contributed by atoms with E-state index in [1.807, 2.05) is 32.0 Å². The maximum atomic E-state index is 13.5. The standard InChI is InChI=1S/C17H19F2NO/c1-4-20-17(13-5-7-14(18)15(19)10-13)12-6-8-16(21-3)11(2)9-12/h5-10,17,20H,4H2,1-3H3. The Morgan fingerprint density at radius 3 is 2.29 bits per heavy atom. The number of benzene rings is 2. The topological polar surface area (TPSA) is 21.3 Å². The van der Waals surface area contributed by atoms with Crippen LogP contribution in [-0.2, 0) is 0 Å². The summed E-state index contributed by atoms with van der Waals surface area (Å²) in [6.07, 6.45) is 0. The molecule has 0 spiro atoms. The molecule has 4 heteroatoms. The highest BCUT2D eigenvalue weighted by atomic mass is 19.2. The number of methoxy groups -OCH3 is 1. The van der Waals surface area contributed by atoms with Crippen molar-refractivity contribution in [1.82, 2.24) is 5.32 Å². The fourth-order valence-electron chi connectivity index (χ4n) is 2.41. The lowest BCUT2D eigenvalue weighted by molar-refractivity contribution is 0.411. The lowest BCUT2D eigenvalue weighted by Crippen LogP contribution is -2.22. The Labute approximate surface area is 123 Å². The van der Waals surface area contributed by atoms with Crippen molar-refractivity contribution in [2.45, 2.75) is 19.9 Å². The van der Waals surface area contributed by atoms with Crippen LogP contribution in [0.4, 0.5) is 8.78 Å². The van der Waals surface area contributed by atoms with Crippen molar-refractivity contribution in [1.29, 1.82) is 0 Å². The van der Waals surface area contributed by atoms with Gasteiger partial charge in [0.1, 0.15) is 5.75 Å². The van der Waals surface area contributed by atoms with Gasteiger partial charge in [-0.05, 0) is 48.4 Å². The van der Waals surface area contributed by atoms with Crippen LogP contribution in [0.3, 0.4) is 0 Å². The minimum absolute atomic E-state index is 0.185. The summed E-state index contributed by atoms with van der Waals surface area (Å²) in [5, 5.41) is 3.30. The van der Waals surface area contributed by atoms with Crippen molar-refractivity contribution in [3.8, 4) is 5.75 Å². The summed E-state index contributed by atoms with van der Waals surface area (Å²) in [4.78, 5) is 0. The van der Waals surface area contributed by atoms with Gasteiger partial charge in [-0.1, -0.05) is 25.1 Å². The molecule has 112 valence electrons. The first-order valence-corrected chi connectivity index (χ1v) is 6.89. The summed E-state index contributed by atoms with van der Waals surface area (Å²) < 4.78 is 31.8. The van der Waals surface area contributed by atoms with Crippen molar-refractivity contribution in [2.75, 3.05) is 13.7 Å². The van der Waals surface area contributed by atoms with E-state index >= 15 is 0 Å². The van der Waals surface area contributed by atoms with Gasteiger partial charge in [-0.2, -0.15) is 0 Å². The van der Waals surface area contributed by atoms with Crippen LogP contribution >= 0.6 is 0 Å². The van der Waals surface area contributed by atoms with E-state index in [4.69, 9.17) is 4.74 Å². The number of nitrogens with one attached hydrogen (secondary N) is 1. The van der Waals surface area contributed by atoms with Crippen LogP contribution in [-0.4, -0.2) is 13.7 Å². The molecule has 1 atom stereocenters. The van der Waals surface area contributed by atoms with Crippen molar-refractivity contribution in [3.05, 3.63) is 64.7 Å². The molecule has 0 radical (unpaired) electrons. The van der Waals surface area contributed by atoms with Crippen LogP contribution < -0.4 is 10.1 Å². The van der Waals surface area contributed by atoms with E-state index in [9.17, 15) is 8.78 Å². The molecule has 2 aromatic rings. The molecule has 0 aliphatic rings. The highest BCUT2D eigenvalue weighted by Crippen LogP contribution is 2.27. The number of halogens is 2. The summed E-state index contributed by atoms with van der Waals surface area (Å²) >= 11 is 0. The van der Waals surface area contributed by atoms with E-state index in [1.54, 1.807) is 13.2 Å². The molecule has 1 unspecified atom stereocenters. The highest BCUT2D eigenvalue weighted by molar-refractivity contribution is 5.41. The van der Waals surface area contributed by atoms with Gasteiger partial charge >= 0.3 is 0 Å². The third kappa shape index (κ3) is 3.39. The second kappa shape index (κ2) is 6.68. The SMILES string of the molecule is CCNC(c1ccc(OC)c(C)c1)c1ccc(F)c(F)c1. The summed E-state index contributed by atoms with van der Waals surface area (Å²) in [5.74, 6) is -0.861. The van der Waals surface area contributed by atoms with Crippen molar-refractivity contribution >= 4 is 0 Å². The Bertz CT molecular complexity index is 628. The molecule has 0 aliphatic heterocycles. The molecule has 2 nitrogen and oxygen atoms in total. The zero-order valence-electron chi connectivity index (χ0n) is 12.4. The summed E-state index contributed by atoms with van der Waals surface area (Å²) in [6.45, 7) is 4.65. The summed E-state index contributed by atoms with van der Waals surface area (Å²) in [6, 6.07) is 9.62. The Morgan fingerprint density at radius 2 is 1.71 bits per heavy atom. The fraction of sp³-hybridized carbons (Fsp3) is 0.294. The number of hydrogen-bond donors (Lipinski definition) is 1. The molecule has 0 amide bonds. The molecule has 0 fully saturated rings. The van der Waals surface area contributed by atoms with Gasteiger partial charge in [0.15, 0.2) is 11.6 Å². The van der Waals surface area contributed by atoms with E-state index in [0.29, 0.717) is 5.56 Å². The zero-order chi connectivity index (χ0) is 15.4. The molecular weight excluding hydrogens is 272 g/mol. The monoisotopic (exact) mass is 291 g/mol. The van der Waals surface area contributed by atoms with Gasteiger partial charge in [0.2, 0.25) is 0 Å². The molecule has 2 rings (SSSR count). The number of aryl methyl sites for hydroxylation is 1. The quantitative estimate of drug-likeness (QED) is 0.899. The lowest BCUT2D eigenvalue weighted by Gasteiger charge is -2.20. The molecule has 0 saturated heterocycles. The Hall–Kier alpha value is -1.94. The predicted molar refractivity (Wildman–Crippen MR) is 79.6 cm³/mol. The van der Waals surface area contributed by atoms with Crippen LogP contribution in [0.2, 0.25) is 0 Å². The van der Waals surface area contributed by atoms with Crippen molar-refractivity contribution in [2.24, 2.45) is 0 Å². The summed E-state index contributed by atoms with van der Waals surface area (Å²) in [5.41, 5.74) is 2.68. The van der Waals surface area contributed by atoms with Gasteiger partial charge in [-0.25, -0.2) is 8.78 Å². The molecule has 0 bridgehead atoms. The highest BCUT2D eigenvalue weighted by Gasteiger charge is 2.16. The third-order valence-electron chi connectivity index (χ3n) is 3.44. The van der Waals surface area contributed by atoms with E-state index < -0.39 is 11.6 Å². The average Bonchev–Trinajstić information content (AvgIpc) is 2.48. The maximum Gasteiger partial charge on any atom is 0.159 e. The van der Waals surface area contributed by atoms with Gasteiger partial charge in [0.25, 0.3) is 0 Å². The molecule has 21 heavy (non-hydrogen) atoms. The molecule has 0 aromatic heterocycles. The molecule has 0 heterocycles. The maximum absolute atomic E-state index is 13.5. The zero-order valence-corrected chi connectivity index (χ0v) is 12.4. The Morgan fingerprint density at radius 1 is 1.05 bits per heavy atom. The van der Waals surface area contributed by atoms with Gasteiger partial charge in [-0.3, -0.25) is 0 Å². The van der Waals surface area contributed by atoms with Crippen LogP contribution in [0.25, 0.3) is 0 Å². The largest absolute Gasteiger partial charge is 0.496 e. The summed E-state index contributed by atoms with van der Waals surface area (Å²) in [7, 11) is 1.62. The smallest absolute Gasteiger partial charge is 0.159 e. The molecule has 2 aromatic carbocycles. The van der Waals surface area contributed by atoms with Gasteiger partial charge in [-0.15, -0.1) is 0 Å². The number of rotatable bonds is 5. The minimum atomic E-state index is -0.833. The molecule has 1 N–H and O–H groups in total. The van der Waals surface area contributed by atoms with E-state index in [-0.39, 0.29) is 6.04 Å². The first-order chi connectivity index (χ1) is 10.1. The van der Waals surface area contributed by atoms with Gasteiger partial charge < -0.3 is 10.1 Å². The van der Waals surface area contributed by atoms with E-state index in [0.717, 1.165) is 29.5 Å². The molecule has 0 saturated carbocycles. The van der Waals surface area contributed by atoms with Crippen LogP contribution in [0.5, 0.6) is 5.75 Å². The normalized spacial score (nSPS) is 12.2. The lowest BCUT2D eigenvalue weighted by atomic mass is 9.96. The molecule has 0 aliphatic carbocycles. The van der Waals surface area contributed by atoms with Crippen molar-refractivity contribution in [3.63, 3.8) is 0 Å². The van der Waals surface area contributed by atoms with Crippen LogP contribution in [0.15, 0.2) is 36.4 Å². The number of hydrogen-bond acceptors (Lipinski definition) is 2. The fourth-order valence-corrected chi connectivity index (χ4v) is 2.41. The second-order valence-corrected chi connectivity index (χ2v) is 4.89. The minimum Gasteiger partial charge on any atom is -0.496 e. The number of ether oxygens (including phenoxy) is 1. The second-order valence-electron chi connectivity index (χ2n) is 4.89. The first-order valence-electron chi connectivity index (χ1n) is 6.89. The van der Waals surface area contributed by atoms with Crippen molar-refractivity contribution < 1.29 is 13.5 Å². The molecular formula is C17H19F2NO.